The Balaban J connectivity index is 2.00. The topological polar surface area (TPSA) is 55.5 Å². The molecule has 164 valence electrons. The van der Waals surface area contributed by atoms with Gasteiger partial charge in [-0.15, -0.1) is 0 Å². The summed E-state index contributed by atoms with van der Waals surface area (Å²) in [6, 6.07) is 19.0. The predicted molar refractivity (Wildman–Crippen MR) is 125 cm³/mol. The molecule has 0 radical (unpaired) electrons. The molecule has 0 bridgehead atoms. The summed E-state index contributed by atoms with van der Waals surface area (Å²) in [5.74, 6) is -0.397. The van der Waals surface area contributed by atoms with E-state index in [-0.39, 0.29) is 18.3 Å². The van der Waals surface area contributed by atoms with Crippen molar-refractivity contribution in [2.24, 2.45) is 5.73 Å². The first-order valence-corrected chi connectivity index (χ1v) is 11.0. The van der Waals surface area contributed by atoms with Crippen LogP contribution in [0.1, 0.15) is 42.4 Å². The Bertz CT molecular complexity index is 1010. The lowest BCUT2D eigenvalue weighted by molar-refractivity contribution is 0.0973. The van der Waals surface area contributed by atoms with Crippen LogP contribution in [0.25, 0.3) is 11.1 Å². The third kappa shape index (κ3) is 5.45. The number of aliphatic hydroxyl groups is 1. The fourth-order valence-electron chi connectivity index (χ4n) is 3.80. The zero-order valence-electron chi connectivity index (χ0n) is 17.9. The van der Waals surface area contributed by atoms with Gasteiger partial charge in [-0.2, -0.15) is 0 Å². The Morgan fingerprint density at radius 3 is 2.48 bits per heavy atom. The van der Waals surface area contributed by atoms with Gasteiger partial charge in [0.2, 0.25) is 0 Å². The van der Waals surface area contributed by atoms with E-state index in [0.29, 0.717) is 29.1 Å². The highest BCUT2D eigenvalue weighted by Gasteiger charge is 2.20. The minimum atomic E-state index is -0.628. The van der Waals surface area contributed by atoms with Crippen molar-refractivity contribution in [3.05, 3.63) is 88.2 Å². The van der Waals surface area contributed by atoms with Gasteiger partial charge in [-0.05, 0) is 48.2 Å². The standard InChI is InChI=1S/C26H29ClFNO2/c1-3-7-20(30)16-31-24-13-10-17(2)25(26(24)28)21-14-19(11-12-23(21)27)22(15-29)18-8-5-4-6-9-18/h4-6,8-14,20,22,30H,3,7,15-16,29H2,1-2H3/t20-,22?/m0/s1. The van der Waals surface area contributed by atoms with Crippen molar-refractivity contribution < 1.29 is 14.2 Å². The summed E-state index contributed by atoms with van der Waals surface area (Å²) in [6.45, 7) is 4.29. The van der Waals surface area contributed by atoms with Crippen molar-refractivity contribution in [2.75, 3.05) is 13.2 Å². The molecule has 0 saturated heterocycles. The maximum atomic E-state index is 15.5. The van der Waals surface area contributed by atoms with E-state index in [9.17, 15) is 5.11 Å². The van der Waals surface area contributed by atoms with Gasteiger partial charge in [0.1, 0.15) is 6.61 Å². The first-order chi connectivity index (χ1) is 15.0. The third-order valence-corrected chi connectivity index (χ3v) is 5.80. The highest BCUT2D eigenvalue weighted by atomic mass is 35.5. The molecule has 1 unspecified atom stereocenters. The second-order valence-electron chi connectivity index (χ2n) is 7.76. The molecule has 5 heteroatoms. The van der Waals surface area contributed by atoms with Crippen LogP contribution < -0.4 is 10.5 Å². The Morgan fingerprint density at radius 1 is 1.06 bits per heavy atom. The van der Waals surface area contributed by atoms with E-state index in [1.807, 2.05) is 56.3 Å². The van der Waals surface area contributed by atoms with E-state index in [0.717, 1.165) is 23.1 Å². The highest BCUT2D eigenvalue weighted by molar-refractivity contribution is 6.33. The Labute approximate surface area is 188 Å². The van der Waals surface area contributed by atoms with Gasteiger partial charge in [0.15, 0.2) is 11.6 Å². The maximum absolute atomic E-state index is 15.5. The normalized spacial score (nSPS) is 13.1. The van der Waals surface area contributed by atoms with Crippen LogP contribution in [0.3, 0.4) is 0 Å². The molecule has 0 fully saturated rings. The van der Waals surface area contributed by atoms with Crippen molar-refractivity contribution in [1.82, 2.24) is 0 Å². The van der Waals surface area contributed by atoms with E-state index < -0.39 is 11.9 Å². The van der Waals surface area contributed by atoms with Crippen molar-refractivity contribution in [1.29, 1.82) is 0 Å². The number of aryl methyl sites for hydroxylation is 1. The monoisotopic (exact) mass is 441 g/mol. The lowest BCUT2D eigenvalue weighted by atomic mass is 9.88. The van der Waals surface area contributed by atoms with E-state index in [4.69, 9.17) is 22.1 Å². The lowest BCUT2D eigenvalue weighted by Gasteiger charge is -2.19. The fourth-order valence-corrected chi connectivity index (χ4v) is 4.01. The van der Waals surface area contributed by atoms with Gasteiger partial charge >= 0.3 is 0 Å². The van der Waals surface area contributed by atoms with Gasteiger partial charge in [0, 0.05) is 28.6 Å². The van der Waals surface area contributed by atoms with E-state index >= 15 is 4.39 Å². The Morgan fingerprint density at radius 2 is 1.81 bits per heavy atom. The minimum absolute atomic E-state index is 0.0239. The smallest absolute Gasteiger partial charge is 0.173 e. The molecule has 0 aliphatic heterocycles. The SMILES string of the molecule is CCC[C@H](O)COc1ccc(C)c(-c2cc(C(CN)c3ccccc3)ccc2Cl)c1F. The molecule has 0 aromatic heterocycles. The van der Waals surface area contributed by atoms with E-state index in [1.165, 1.54) is 0 Å². The van der Waals surface area contributed by atoms with Crippen molar-refractivity contribution >= 4 is 11.6 Å². The first kappa shape index (κ1) is 23.3. The zero-order chi connectivity index (χ0) is 22.4. The van der Waals surface area contributed by atoms with Crippen LogP contribution in [-0.4, -0.2) is 24.4 Å². The van der Waals surface area contributed by atoms with Crippen LogP contribution in [-0.2, 0) is 0 Å². The summed E-state index contributed by atoms with van der Waals surface area (Å²) < 4.78 is 21.1. The number of nitrogens with two attached hydrogens (primary N) is 1. The largest absolute Gasteiger partial charge is 0.488 e. The van der Waals surface area contributed by atoms with E-state index in [1.54, 1.807) is 18.2 Å². The second-order valence-corrected chi connectivity index (χ2v) is 8.17. The van der Waals surface area contributed by atoms with Gasteiger partial charge in [0.05, 0.1) is 6.10 Å². The molecule has 3 N–H and O–H groups in total. The average Bonchev–Trinajstić information content (AvgIpc) is 2.76. The zero-order valence-corrected chi connectivity index (χ0v) is 18.7. The molecule has 0 aliphatic carbocycles. The molecular weight excluding hydrogens is 413 g/mol. The summed E-state index contributed by atoms with van der Waals surface area (Å²) in [4.78, 5) is 0. The van der Waals surface area contributed by atoms with Crippen LogP contribution in [0.2, 0.25) is 5.02 Å². The highest BCUT2D eigenvalue weighted by Crippen LogP contribution is 2.38. The average molecular weight is 442 g/mol. The molecule has 3 aromatic rings. The second kappa shape index (κ2) is 10.8. The molecule has 31 heavy (non-hydrogen) atoms. The molecule has 2 atom stereocenters. The van der Waals surface area contributed by atoms with Gasteiger partial charge in [0.25, 0.3) is 0 Å². The van der Waals surface area contributed by atoms with Crippen molar-refractivity contribution in [3.63, 3.8) is 0 Å². The number of aliphatic hydroxyl groups excluding tert-OH is 1. The molecule has 3 nitrogen and oxygen atoms in total. The third-order valence-electron chi connectivity index (χ3n) is 5.47. The van der Waals surface area contributed by atoms with Crippen LogP contribution >= 0.6 is 11.6 Å². The number of hydrogen-bond acceptors (Lipinski definition) is 3. The number of ether oxygens (including phenoxy) is 1. The summed E-state index contributed by atoms with van der Waals surface area (Å²) >= 11 is 6.51. The first-order valence-electron chi connectivity index (χ1n) is 10.6. The number of benzene rings is 3. The van der Waals surface area contributed by atoms with Crippen LogP contribution in [0, 0.1) is 12.7 Å². The predicted octanol–water partition coefficient (Wildman–Crippen LogP) is 6.08. The molecule has 0 amide bonds. The quantitative estimate of drug-likeness (QED) is 0.422. The van der Waals surface area contributed by atoms with Gasteiger partial charge < -0.3 is 15.6 Å². The molecule has 0 saturated carbocycles. The molecular formula is C26H29ClFNO2. The van der Waals surface area contributed by atoms with Crippen LogP contribution in [0.4, 0.5) is 4.39 Å². The maximum Gasteiger partial charge on any atom is 0.173 e. The summed E-state index contributed by atoms with van der Waals surface area (Å²) in [5, 5.41) is 10.4. The number of hydrogen-bond donors (Lipinski definition) is 2. The Hall–Kier alpha value is -2.40. The van der Waals surface area contributed by atoms with Gasteiger partial charge in [-0.25, -0.2) is 4.39 Å². The molecule has 0 heterocycles. The van der Waals surface area contributed by atoms with Crippen LogP contribution in [0.5, 0.6) is 5.75 Å². The lowest BCUT2D eigenvalue weighted by Crippen LogP contribution is -2.17. The Kier molecular flexibility index (Phi) is 8.08. The van der Waals surface area contributed by atoms with Gasteiger partial charge in [-0.1, -0.05) is 67.4 Å². The van der Waals surface area contributed by atoms with Gasteiger partial charge in [-0.3, -0.25) is 0 Å². The van der Waals surface area contributed by atoms with Crippen LogP contribution in [0.15, 0.2) is 60.7 Å². The summed E-state index contributed by atoms with van der Waals surface area (Å²) in [6.07, 6.45) is 0.809. The number of halogens is 2. The van der Waals surface area contributed by atoms with E-state index in [2.05, 4.69) is 0 Å². The van der Waals surface area contributed by atoms with Crippen molar-refractivity contribution in [3.8, 4) is 16.9 Å². The van der Waals surface area contributed by atoms with Crippen molar-refractivity contribution in [2.45, 2.75) is 38.7 Å². The minimum Gasteiger partial charge on any atom is -0.488 e. The molecule has 0 spiro atoms. The summed E-state index contributed by atoms with van der Waals surface area (Å²) in [5.41, 5.74) is 9.91. The number of rotatable bonds is 9. The summed E-state index contributed by atoms with van der Waals surface area (Å²) in [7, 11) is 0. The molecule has 0 aliphatic rings. The molecule has 3 aromatic carbocycles. The molecule has 3 rings (SSSR count). The fraction of sp³-hybridized carbons (Fsp3) is 0.308.